The Morgan fingerprint density at radius 1 is 1.32 bits per heavy atom. The zero-order valence-electron chi connectivity index (χ0n) is 14.6. The summed E-state index contributed by atoms with van der Waals surface area (Å²) in [4.78, 5) is 14.7. The number of likely N-dealkylation sites (tertiary alicyclic amines) is 1. The predicted octanol–water partition coefficient (Wildman–Crippen LogP) is 3.50. The van der Waals surface area contributed by atoms with Crippen molar-refractivity contribution in [2.75, 3.05) is 20.1 Å². The number of carbonyl (C=O) groups excluding carboxylic acids is 1. The van der Waals surface area contributed by atoms with Gasteiger partial charge in [0.2, 0.25) is 5.91 Å². The zero-order valence-corrected chi connectivity index (χ0v) is 14.6. The van der Waals surface area contributed by atoms with Gasteiger partial charge in [0.25, 0.3) is 0 Å². The van der Waals surface area contributed by atoms with Crippen molar-refractivity contribution < 1.29 is 4.79 Å². The molecule has 0 aromatic heterocycles. The van der Waals surface area contributed by atoms with E-state index in [0.29, 0.717) is 0 Å². The lowest BCUT2D eigenvalue weighted by Gasteiger charge is -2.28. The summed E-state index contributed by atoms with van der Waals surface area (Å²) in [7, 11) is 1.90. The van der Waals surface area contributed by atoms with Crippen molar-refractivity contribution in [1.82, 2.24) is 10.2 Å². The second-order valence-electron chi connectivity index (χ2n) is 7.52. The van der Waals surface area contributed by atoms with E-state index in [1.54, 1.807) is 0 Å². The van der Waals surface area contributed by atoms with E-state index in [-0.39, 0.29) is 23.3 Å². The molecular weight excluding hydrogens is 272 g/mol. The molecule has 0 spiro atoms. The number of hydrogen-bond acceptors (Lipinski definition) is 2. The van der Waals surface area contributed by atoms with Gasteiger partial charge in [0.05, 0.1) is 6.04 Å². The number of rotatable bonds is 4. The van der Waals surface area contributed by atoms with Gasteiger partial charge >= 0.3 is 0 Å². The van der Waals surface area contributed by atoms with Gasteiger partial charge in [-0.15, -0.1) is 0 Å². The first kappa shape index (κ1) is 17.0. The zero-order chi connectivity index (χ0) is 16.3. The monoisotopic (exact) mass is 302 g/mol. The first-order valence-corrected chi connectivity index (χ1v) is 8.40. The summed E-state index contributed by atoms with van der Waals surface area (Å²) in [6, 6.07) is 9.10. The second kappa shape index (κ2) is 6.82. The molecule has 1 amide bonds. The number of amides is 1. The molecule has 1 aliphatic heterocycles. The van der Waals surface area contributed by atoms with Gasteiger partial charge in [-0.1, -0.05) is 52.0 Å². The van der Waals surface area contributed by atoms with Crippen molar-refractivity contribution in [2.24, 2.45) is 5.92 Å². The van der Waals surface area contributed by atoms with Gasteiger partial charge in [-0.3, -0.25) is 4.79 Å². The van der Waals surface area contributed by atoms with E-state index in [1.165, 1.54) is 11.1 Å². The van der Waals surface area contributed by atoms with E-state index in [1.807, 2.05) is 14.0 Å². The molecule has 1 saturated heterocycles. The third kappa shape index (κ3) is 3.70. The average Bonchev–Trinajstić information content (AvgIpc) is 2.95. The van der Waals surface area contributed by atoms with E-state index >= 15 is 0 Å². The summed E-state index contributed by atoms with van der Waals surface area (Å²) in [6.45, 7) is 10.3. The lowest BCUT2D eigenvalue weighted by molar-refractivity contribution is -0.135. The maximum absolute atomic E-state index is 12.6. The number of hydrogen-bond donors (Lipinski definition) is 1. The van der Waals surface area contributed by atoms with E-state index < -0.39 is 0 Å². The smallest absolute Gasteiger partial charge is 0.227 e. The largest absolute Gasteiger partial charge is 0.335 e. The van der Waals surface area contributed by atoms with Crippen molar-refractivity contribution >= 4 is 5.91 Å². The first-order chi connectivity index (χ1) is 10.3. The molecule has 1 aliphatic rings. The van der Waals surface area contributed by atoms with Crippen molar-refractivity contribution in [1.29, 1.82) is 0 Å². The van der Waals surface area contributed by atoms with Gasteiger partial charge in [-0.05, 0) is 36.4 Å². The minimum atomic E-state index is 0.0412. The van der Waals surface area contributed by atoms with Crippen LogP contribution in [-0.2, 0) is 10.2 Å². The molecule has 1 fully saturated rings. The fourth-order valence-electron chi connectivity index (χ4n) is 3.26. The Hall–Kier alpha value is -1.35. The molecule has 2 atom stereocenters. The molecule has 1 heterocycles. The topological polar surface area (TPSA) is 32.3 Å². The molecule has 1 N–H and O–H groups in total. The number of nitrogens with zero attached hydrogens (tertiary/aromatic N) is 1. The van der Waals surface area contributed by atoms with Crippen molar-refractivity contribution in [3.8, 4) is 0 Å². The summed E-state index contributed by atoms with van der Waals surface area (Å²) >= 11 is 0. The molecule has 2 rings (SSSR count). The minimum absolute atomic E-state index is 0.0412. The Morgan fingerprint density at radius 2 is 1.95 bits per heavy atom. The quantitative estimate of drug-likeness (QED) is 0.923. The van der Waals surface area contributed by atoms with Crippen LogP contribution < -0.4 is 5.32 Å². The lowest BCUT2D eigenvalue weighted by atomic mass is 9.86. The van der Waals surface area contributed by atoms with Crippen molar-refractivity contribution in [3.63, 3.8) is 0 Å². The first-order valence-electron chi connectivity index (χ1n) is 8.40. The highest BCUT2D eigenvalue weighted by molar-refractivity contribution is 5.79. The Morgan fingerprint density at radius 3 is 2.50 bits per heavy atom. The maximum atomic E-state index is 12.6. The molecule has 22 heavy (non-hydrogen) atoms. The Balaban J connectivity index is 2.15. The summed E-state index contributed by atoms with van der Waals surface area (Å²) in [5, 5.41) is 3.10. The van der Waals surface area contributed by atoms with E-state index in [0.717, 1.165) is 25.9 Å². The van der Waals surface area contributed by atoms with Crippen LogP contribution in [0.2, 0.25) is 0 Å². The molecule has 1 aromatic rings. The number of nitrogens with one attached hydrogen (secondary N) is 1. The summed E-state index contributed by atoms with van der Waals surface area (Å²) in [5.41, 5.74) is 2.79. The summed E-state index contributed by atoms with van der Waals surface area (Å²) < 4.78 is 0. The molecule has 0 radical (unpaired) electrons. The molecule has 0 saturated carbocycles. The van der Waals surface area contributed by atoms with Crippen LogP contribution in [-0.4, -0.2) is 30.9 Å². The van der Waals surface area contributed by atoms with Gasteiger partial charge < -0.3 is 10.2 Å². The second-order valence-corrected chi connectivity index (χ2v) is 7.52. The highest BCUT2D eigenvalue weighted by Gasteiger charge is 2.32. The van der Waals surface area contributed by atoms with Crippen LogP contribution in [0.15, 0.2) is 24.3 Å². The van der Waals surface area contributed by atoms with Crippen LogP contribution in [0.4, 0.5) is 0 Å². The molecule has 1 aromatic carbocycles. The predicted molar refractivity (Wildman–Crippen MR) is 91.9 cm³/mol. The molecule has 3 heteroatoms. The molecule has 122 valence electrons. The summed E-state index contributed by atoms with van der Waals surface area (Å²) in [6.07, 6.45) is 2.18. The number of carbonyl (C=O) groups is 1. The normalized spacial score (nSPS) is 20.2. The van der Waals surface area contributed by atoms with Crippen LogP contribution in [0.1, 0.15) is 57.7 Å². The fraction of sp³-hybridized carbons (Fsp3) is 0.632. The molecule has 0 aliphatic carbocycles. The highest BCUT2D eigenvalue weighted by Crippen LogP contribution is 2.34. The van der Waals surface area contributed by atoms with Crippen LogP contribution in [0.25, 0.3) is 0 Å². The number of benzene rings is 1. The lowest BCUT2D eigenvalue weighted by Crippen LogP contribution is -2.38. The van der Waals surface area contributed by atoms with Gasteiger partial charge in [0, 0.05) is 19.0 Å². The van der Waals surface area contributed by atoms with Crippen molar-refractivity contribution in [3.05, 3.63) is 35.4 Å². The Labute approximate surface area is 135 Å². The van der Waals surface area contributed by atoms with E-state index in [9.17, 15) is 4.79 Å². The van der Waals surface area contributed by atoms with Crippen molar-refractivity contribution in [2.45, 2.75) is 52.0 Å². The molecule has 3 nitrogen and oxygen atoms in total. The molecule has 2 unspecified atom stereocenters. The average molecular weight is 302 g/mol. The van der Waals surface area contributed by atoms with E-state index in [4.69, 9.17) is 0 Å². The van der Waals surface area contributed by atoms with E-state index in [2.05, 4.69) is 55.3 Å². The highest BCUT2D eigenvalue weighted by atomic mass is 16.2. The van der Waals surface area contributed by atoms with Gasteiger partial charge in [-0.25, -0.2) is 0 Å². The Kier molecular flexibility index (Phi) is 5.28. The maximum Gasteiger partial charge on any atom is 0.227 e. The standard InChI is InChI=1S/C19H30N2O/c1-14(13-20-5)18(22)21-12-6-7-17(21)15-8-10-16(11-9-15)19(2,3)4/h8-11,14,17,20H,6-7,12-13H2,1-5H3. The van der Waals surface area contributed by atoms with Gasteiger partial charge in [0.15, 0.2) is 0 Å². The Bertz CT molecular complexity index is 501. The van der Waals surface area contributed by atoms with Crippen LogP contribution in [0.3, 0.4) is 0 Å². The van der Waals surface area contributed by atoms with Crippen LogP contribution in [0.5, 0.6) is 0 Å². The third-order valence-electron chi connectivity index (χ3n) is 4.63. The third-order valence-corrected chi connectivity index (χ3v) is 4.63. The minimum Gasteiger partial charge on any atom is -0.335 e. The van der Waals surface area contributed by atoms with Gasteiger partial charge in [-0.2, -0.15) is 0 Å². The van der Waals surface area contributed by atoms with Crippen LogP contribution >= 0.6 is 0 Å². The van der Waals surface area contributed by atoms with Crippen LogP contribution in [0, 0.1) is 5.92 Å². The summed E-state index contributed by atoms with van der Waals surface area (Å²) in [5.74, 6) is 0.316. The SMILES string of the molecule is CNCC(C)C(=O)N1CCCC1c1ccc(C(C)(C)C)cc1. The molecular formula is C19H30N2O. The van der Waals surface area contributed by atoms with Gasteiger partial charge in [0.1, 0.15) is 0 Å². The fourth-order valence-corrected chi connectivity index (χ4v) is 3.26. The molecule has 0 bridgehead atoms.